The number of hydrogen-bond acceptors (Lipinski definition) is 5. The van der Waals surface area contributed by atoms with Crippen molar-refractivity contribution < 1.29 is 19.4 Å². The molecule has 7 nitrogen and oxygen atoms in total. The SMILES string of the molecule is COc1ccc(C=NNC(=S)Nc2cccc(C(=O)O)c2)c(OC)c1. The second-order valence-electron chi connectivity index (χ2n) is 4.82. The first kappa shape index (κ1) is 18.2. The molecule has 0 atom stereocenters. The molecule has 0 spiro atoms. The fourth-order valence-corrected chi connectivity index (χ4v) is 2.15. The first-order valence-electron chi connectivity index (χ1n) is 7.19. The Morgan fingerprint density at radius 2 is 2.00 bits per heavy atom. The molecule has 0 aliphatic heterocycles. The summed E-state index contributed by atoms with van der Waals surface area (Å²) in [5, 5.41) is 16.1. The molecule has 0 bridgehead atoms. The normalized spacial score (nSPS) is 10.3. The fraction of sp³-hybridized carbons (Fsp3) is 0.118. The molecule has 2 aromatic rings. The van der Waals surface area contributed by atoms with Gasteiger partial charge in [0.15, 0.2) is 5.11 Å². The summed E-state index contributed by atoms with van der Waals surface area (Å²) in [6.45, 7) is 0. The predicted molar refractivity (Wildman–Crippen MR) is 99.9 cm³/mol. The number of carboxylic acids is 1. The van der Waals surface area contributed by atoms with Crippen LogP contribution in [0.2, 0.25) is 0 Å². The van der Waals surface area contributed by atoms with Crippen LogP contribution in [-0.2, 0) is 0 Å². The molecule has 8 heteroatoms. The van der Waals surface area contributed by atoms with Crippen molar-refractivity contribution in [3.8, 4) is 11.5 Å². The summed E-state index contributed by atoms with van der Waals surface area (Å²) >= 11 is 5.13. The highest BCUT2D eigenvalue weighted by molar-refractivity contribution is 7.80. The average Bonchev–Trinajstić information content (AvgIpc) is 2.62. The summed E-state index contributed by atoms with van der Waals surface area (Å²) in [5.74, 6) is 0.280. The Labute approximate surface area is 150 Å². The molecule has 2 rings (SSSR count). The van der Waals surface area contributed by atoms with E-state index in [0.29, 0.717) is 17.2 Å². The summed E-state index contributed by atoms with van der Waals surface area (Å²) in [5.41, 5.74) is 4.12. The van der Waals surface area contributed by atoms with Gasteiger partial charge in [-0.2, -0.15) is 5.10 Å². The first-order valence-corrected chi connectivity index (χ1v) is 7.59. The van der Waals surface area contributed by atoms with E-state index in [0.717, 1.165) is 5.56 Å². The van der Waals surface area contributed by atoms with Gasteiger partial charge in [-0.05, 0) is 42.5 Å². The minimum absolute atomic E-state index is 0.166. The van der Waals surface area contributed by atoms with E-state index in [1.54, 1.807) is 50.8 Å². The number of nitrogens with one attached hydrogen (secondary N) is 2. The predicted octanol–water partition coefficient (Wildman–Crippen LogP) is 2.72. The van der Waals surface area contributed by atoms with Crippen molar-refractivity contribution in [3.63, 3.8) is 0 Å². The highest BCUT2D eigenvalue weighted by Gasteiger charge is 2.05. The Balaban J connectivity index is 1.99. The van der Waals surface area contributed by atoms with Gasteiger partial charge in [-0.1, -0.05) is 6.07 Å². The van der Waals surface area contributed by atoms with Gasteiger partial charge in [0.25, 0.3) is 0 Å². The number of ether oxygens (including phenoxy) is 2. The number of thiocarbonyl (C=S) groups is 1. The highest BCUT2D eigenvalue weighted by Crippen LogP contribution is 2.23. The van der Waals surface area contributed by atoms with Crippen molar-refractivity contribution in [2.75, 3.05) is 19.5 Å². The Kier molecular flexibility index (Phi) is 6.30. The van der Waals surface area contributed by atoms with E-state index in [4.69, 9.17) is 26.8 Å². The molecule has 0 fully saturated rings. The maximum absolute atomic E-state index is 11.0. The zero-order chi connectivity index (χ0) is 18.2. The van der Waals surface area contributed by atoms with Crippen molar-refractivity contribution in [1.29, 1.82) is 0 Å². The van der Waals surface area contributed by atoms with Crippen molar-refractivity contribution in [3.05, 3.63) is 53.6 Å². The number of nitrogens with zero attached hydrogens (tertiary/aromatic N) is 1. The molecule has 0 unspecified atom stereocenters. The van der Waals surface area contributed by atoms with Crippen LogP contribution < -0.4 is 20.2 Å². The zero-order valence-electron chi connectivity index (χ0n) is 13.6. The third-order valence-electron chi connectivity index (χ3n) is 3.18. The van der Waals surface area contributed by atoms with Gasteiger partial charge in [-0.25, -0.2) is 4.79 Å². The fourth-order valence-electron chi connectivity index (χ4n) is 1.97. The molecule has 0 amide bonds. The molecule has 2 aromatic carbocycles. The second kappa shape index (κ2) is 8.65. The van der Waals surface area contributed by atoms with Gasteiger partial charge in [-0.3, -0.25) is 5.43 Å². The van der Waals surface area contributed by atoms with Gasteiger partial charge >= 0.3 is 5.97 Å². The highest BCUT2D eigenvalue weighted by atomic mass is 32.1. The summed E-state index contributed by atoms with van der Waals surface area (Å²) in [6.07, 6.45) is 1.56. The lowest BCUT2D eigenvalue weighted by Crippen LogP contribution is -2.24. The lowest BCUT2D eigenvalue weighted by Gasteiger charge is -2.08. The summed E-state index contributed by atoms with van der Waals surface area (Å²) < 4.78 is 10.4. The molecule has 3 N–H and O–H groups in total. The van der Waals surface area contributed by atoms with Gasteiger partial charge in [0, 0.05) is 17.3 Å². The van der Waals surface area contributed by atoms with Crippen molar-refractivity contribution >= 4 is 35.2 Å². The lowest BCUT2D eigenvalue weighted by atomic mass is 10.2. The van der Waals surface area contributed by atoms with Gasteiger partial charge in [0.05, 0.1) is 26.0 Å². The van der Waals surface area contributed by atoms with E-state index in [-0.39, 0.29) is 10.7 Å². The number of hydrazone groups is 1. The van der Waals surface area contributed by atoms with Crippen molar-refractivity contribution in [1.82, 2.24) is 5.43 Å². The number of aromatic carboxylic acids is 1. The van der Waals surface area contributed by atoms with Crippen LogP contribution in [0.4, 0.5) is 5.69 Å². The van der Waals surface area contributed by atoms with E-state index in [1.165, 1.54) is 12.1 Å². The number of carbonyl (C=O) groups is 1. The van der Waals surface area contributed by atoms with Crippen LogP contribution in [0.15, 0.2) is 47.6 Å². The van der Waals surface area contributed by atoms with E-state index in [1.807, 2.05) is 0 Å². The minimum Gasteiger partial charge on any atom is -0.497 e. The molecule has 0 saturated heterocycles. The summed E-state index contributed by atoms with van der Waals surface area (Å²) in [6, 6.07) is 11.6. The van der Waals surface area contributed by atoms with Crippen LogP contribution in [0.25, 0.3) is 0 Å². The molecule has 0 aromatic heterocycles. The number of hydrogen-bond donors (Lipinski definition) is 3. The summed E-state index contributed by atoms with van der Waals surface area (Å²) in [7, 11) is 3.13. The second-order valence-corrected chi connectivity index (χ2v) is 5.23. The molecule has 0 aliphatic rings. The maximum Gasteiger partial charge on any atom is 0.335 e. The minimum atomic E-state index is -1.01. The number of methoxy groups -OCH3 is 2. The lowest BCUT2D eigenvalue weighted by molar-refractivity contribution is 0.0697. The van der Waals surface area contributed by atoms with Crippen LogP contribution in [0.1, 0.15) is 15.9 Å². The van der Waals surface area contributed by atoms with Crippen LogP contribution in [0.3, 0.4) is 0 Å². The molecule has 0 aliphatic carbocycles. The smallest absolute Gasteiger partial charge is 0.335 e. The van der Waals surface area contributed by atoms with Crippen LogP contribution >= 0.6 is 12.2 Å². The zero-order valence-corrected chi connectivity index (χ0v) is 14.5. The standard InChI is InChI=1S/C17H17N3O4S/c1-23-14-7-6-12(15(9-14)24-2)10-18-20-17(25)19-13-5-3-4-11(8-13)16(21)22/h3-10H,1-2H3,(H,21,22)(H2,19,20,25). The molecule has 0 radical (unpaired) electrons. The molecular formula is C17H17N3O4S. The number of carboxylic acid groups (broad SMARTS) is 1. The van der Waals surface area contributed by atoms with E-state index in [9.17, 15) is 4.79 Å². The molecule has 130 valence electrons. The van der Waals surface area contributed by atoms with E-state index < -0.39 is 5.97 Å². The van der Waals surface area contributed by atoms with Crippen LogP contribution in [-0.4, -0.2) is 36.6 Å². The number of benzene rings is 2. The Morgan fingerprint density at radius 3 is 2.68 bits per heavy atom. The number of anilines is 1. The molecule has 0 saturated carbocycles. The van der Waals surface area contributed by atoms with Crippen LogP contribution in [0, 0.1) is 0 Å². The van der Waals surface area contributed by atoms with E-state index in [2.05, 4.69) is 15.8 Å². The number of rotatable bonds is 6. The molecule has 0 heterocycles. The third-order valence-corrected chi connectivity index (χ3v) is 3.37. The van der Waals surface area contributed by atoms with Gasteiger partial charge in [0.2, 0.25) is 0 Å². The Morgan fingerprint density at radius 1 is 1.20 bits per heavy atom. The Bertz CT molecular complexity index is 808. The van der Waals surface area contributed by atoms with Crippen LogP contribution in [0.5, 0.6) is 11.5 Å². The quantitative estimate of drug-likeness (QED) is 0.415. The van der Waals surface area contributed by atoms with Gasteiger partial charge in [0.1, 0.15) is 11.5 Å². The maximum atomic E-state index is 11.0. The van der Waals surface area contributed by atoms with Crippen molar-refractivity contribution in [2.24, 2.45) is 5.10 Å². The largest absolute Gasteiger partial charge is 0.497 e. The van der Waals surface area contributed by atoms with Gasteiger partial charge in [-0.15, -0.1) is 0 Å². The topological polar surface area (TPSA) is 92.2 Å². The van der Waals surface area contributed by atoms with Crippen molar-refractivity contribution in [2.45, 2.75) is 0 Å². The Hall–Kier alpha value is -3.13. The molecule has 25 heavy (non-hydrogen) atoms. The average molecular weight is 359 g/mol. The summed E-state index contributed by atoms with van der Waals surface area (Å²) in [4.78, 5) is 11.0. The monoisotopic (exact) mass is 359 g/mol. The van der Waals surface area contributed by atoms with E-state index >= 15 is 0 Å². The van der Waals surface area contributed by atoms with Gasteiger partial charge < -0.3 is 19.9 Å². The molecular weight excluding hydrogens is 342 g/mol. The first-order chi connectivity index (χ1) is 12.0. The third kappa shape index (κ3) is 5.18.